The van der Waals surface area contributed by atoms with Gasteiger partial charge < -0.3 is 14.2 Å². The summed E-state index contributed by atoms with van der Waals surface area (Å²) in [6.45, 7) is 5.21. The Bertz CT molecular complexity index is 525. The standard InChI is InChI=1S/C14H18INO5/c1-14(2,3)21-13(18)16-9-5-6-11(10(15)7-9)20-8-12(17)19-4/h5-7H,8H2,1-4H3,(H,16,18). The first-order chi connectivity index (χ1) is 9.71. The summed E-state index contributed by atoms with van der Waals surface area (Å²) in [6.07, 6.45) is -0.526. The molecule has 0 aliphatic carbocycles. The number of carbonyl (C=O) groups excluding carboxylic acids is 2. The van der Waals surface area contributed by atoms with Gasteiger partial charge in [0.25, 0.3) is 0 Å². The molecule has 0 bridgehead atoms. The van der Waals surface area contributed by atoms with Crippen LogP contribution in [0.3, 0.4) is 0 Å². The molecule has 0 fully saturated rings. The lowest BCUT2D eigenvalue weighted by Crippen LogP contribution is -2.27. The van der Waals surface area contributed by atoms with Gasteiger partial charge in [-0.3, -0.25) is 5.32 Å². The summed E-state index contributed by atoms with van der Waals surface area (Å²) in [4.78, 5) is 22.7. The number of esters is 1. The molecule has 0 atom stereocenters. The van der Waals surface area contributed by atoms with Gasteiger partial charge in [-0.25, -0.2) is 9.59 Å². The van der Waals surface area contributed by atoms with Crippen molar-refractivity contribution < 1.29 is 23.8 Å². The van der Waals surface area contributed by atoms with Crippen LogP contribution in [0.5, 0.6) is 5.75 Å². The number of ether oxygens (including phenoxy) is 3. The predicted octanol–water partition coefficient (Wildman–Crippen LogP) is 3.19. The minimum Gasteiger partial charge on any atom is -0.481 e. The molecule has 116 valence electrons. The molecular weight excluding hydrogens is 389 g/mol. The van der Waals surface area contributed by atoms with Crippen LogP contribution in [0.4, 0.5) is 10.5 Å². The van der Waals surface area contributed by atoms with E-state index in [4.69, 9.17) is 9.47 Å². The Morgan fingerprint density at radius 2 is 1.95 bits per heavy atom. The van der Waals surface area contributed by atoms with Crippen LogP contribution in [0.25, 0.3) is 0 Å². The summed E-state index contributed by atoms with van der Waals surface area (Å²) in [6, 6.07) is 5.05. The maximum Gasteiger partial charge on any atom is 0.412 e. The van der Waals surface area contributed by atoms with E-state index in [-0.39, 0.29) is 6.61 Å². The van der Waals surface area contributed by atoms with Gasteiger partial charge in [-0.2, -0.15) is 0 Å². The summed E-state index contributed by atoms with van der Waals surface area (Å²) >= 11 is 2.05. The second-order valence-electron chi connectivity index (χ2n) is 5.14. The van der Waals surface area contributed by atoms with E-state index in [1.54, 1.807) is 39.0 Å². The number of rotatable bonds is 4. The second-order valence-corrected chi connectivity index (χ2v) is 6.30. The summed E-state index contributed by atoms with van der Waals surface area (Å²) in [5, 5.41) is 2.63. The van der Waals surface area contributed by atoms with Gasteiger partial charge >= 0.3 is 12.1 Å². The third-order valence-corrected chi connectivity index (χ3v) is 2.99. The van der Waals surface area contributed by atoms with Crippen molar-refractivity contribution in [1.29, 1.82) is 0 Å². The first-order valence-electron chi connectivity index (χ1n) is 6.20. The highest BCUT2D eigenvalue weighted by molar-refractivity contribution is 14.1. The molecule has 21 heavy (non-hydrogen) atoms. The van der Waals surface area contributed by atoms with E-state index >= 15 is 0 Å². The van der Waals surface area contributed by atoms with Crippen LogP contribution in [0.1, 0.15) is 20.8 Å². The zero-order valence-corrected chi connectivity index (χ0v) is 14.5. The quantitative estimate of drug-likeness (QED) is 0.613. The van der Waals surface area contributed by atoms with E-state index in [0.29, 0.717) is 11.4 Å². The van der Waals surface area contributed by atoms with E-state index in [1.165, 1.54) is 7.11 Å². The SMILES string of the molecule is COC(=O)COc1ccc(NC(=O)OC(C)(C)C)cc1I. The molecule has 0 saturated heterocycles. The normalized spacial score (nSPS) is 10.7. The molecule has 0 saturated carbocycles. The smallest absolute Gasteiger partial charge is 0.412 e. The van der Waals surface area contributed by atoms with Gasteiger partial charge in [0.05, 0.1) is 10.7 Å². The zero-order valence-electron chi connectivity index (χ0n) is 12.4. The molecule has 1 aromatic carbocycles. The van der Waals surface area contributed by atoms with Gasteiger partial charge in [0.15, 0.2) is 6.61 Å². The van der Waals surface area contributed by atoms with Crippen LogP contribution in [-0.2, 0) is 14.3 Å². The molecule has 0 aliphatic heterocycles. The highest BCUT2D eigenvalue weighted by Gasteiger charge is 2.16. The molecular formula is C14H18INO5. The Kier molecular flexibility index (Phi) is 6.25. The molecule has 0 heterocycles. The fourth-order valence-corrected chi connectivity index (χ4v) is 1.98. The van der Waals surface area contributed by atoms with E-state index in [2.05, 4.69) is 32.6 Å². The number of halogens is 1. The van der Waals surface area contributed by atoms with E-state index in [9.17, 15) is 9.59 Å². The first kappa shape index (κ1) is 17.5. The lowest BCUT2D eigenvalue weighted by atomic mass is 10.2. The van der Waals surface area contributed by atoms with Gasteiger partial charge in [-0.15, -0.1) is 0 Å². The number of nitrogens with one attached hydrogen (secondary N) is 1. The van der Waals surface area contributed by atoms with Crippen LogP contribution in [0, 0.1) is 3.57 Å². The van der Waals surface area contributed by atoms with Crippen LogP contribution < -0.4 is 10.1 Å². The Hall–Kier alpha value is -1.51. The van der Waals surface area contributed by atoms with Crippen molar-refractivity contribution in [2.75, 3.05) is 19.0 Å². The maximum absolute atomic E-state index is 11.6. The van der Waals surface area contributed by atoms with Gasteiger partial charge in [-0.1, -0.05) is 0 Å². The Labute approximate surface area is 137 Å². The number of amides is 1. The largest absolute Gasteiger partial charge is 0.481 e. The third-order valence-electron chi connectivity index (χ3n) is 2.15. The minimum absolute atomic E-state index is 0.161. The number of methoxy groups -OCH3 is 1. The lowest BCUT2D eigenvalue weighted by Gasteiger charge is -2.19. The Morgan fingerprint density at radius 3 is 2.48 bits per heavy atom. The van der Waals surface area contributed by atoms with Crippen LogP contribution in [0.2, 0.25) is 0 Å². The topological polar surface area (TPSA) is 73.9 Å². The van der Waals surface area contributed by atoms with E-state index in [1.807, 2.05) is 0 Å². The molecule has 1 aromatic rings. The highest BCUT2D eigenvalue weighted by Crippen LogP contribution is 2.25. The van der Waals surface area contributed by atoms with Gasteiger partial charge in [0.1, 0.15) is 11.4 Å². The number of carbonyl (C=O) groups is 2. The van der Waals surface area contributed by atoms with E-state index in [0.717, 1.165) is 3.57 Å². The molecule has 1 rings (SSSR count). The number of anilines is 1. The monoisotopic (exact) mass is 407 g/mol. The number of hydrogen-bond donors (Lipinski definition) is 1. The van der Waals surface area contributed by atoms with Crippen LogP contribution >= 0.6 is 22.6 Å². The first-order valence-corrected chi connectivity index (χ1v) is 7.28. The maximum atomic E-state index is 11.6. The highest BCUT2D eigenvalue weighted by atomic mass is 127. The summed E-state index contributed by atoms with van der Waals surface area (Å²) < 4.78 is 15.7. The van der Waals surface area contributed by atoms with Crippen molar-refractivity contribution in [1.82, 2.24) is 0 Å². The molecule has 0 aliphatic rings. The zero-order chi connectivity index (χ0) is 16.0. The van der Waals surface area contributed by atoms with Crippen molar-refractivity contribution in [3.05, 3.63) is 21.8 Å². The molecule has 6 nitrogen and oxygen atoms in total. The van der Waals surface area contributed by atoms with Gasteiger partial charge in [0, 0.05) is 5.69 Å². The van der Waals surface area contributed by atoms with Crippen molar-refractivity contribution >= 4 is 40.3 Å². The average Bonchev–Trinajstić information content (AvgIpc) is 2.35. The summed E-state index contributed by atoms with van der Waals surface area (Å²) in [5.41, 5.74) is 0.0277. The summed E-state index contributed by atoms with van der Waals surface area (Å²) in [5.74, 6) is 0.0810. The number of benzene rings is 1. The van der Waals surface area contributed by atoms with Crippen molar-refractivity contribution in [2.45, 2.75) is 26.4 Å². The Morgan fingerprint density at radius 1 is 1.29 bits per heavy atom. The Balaban J connectivity index is 2.65. The lowest BCUT2D eigenvalue weighted by molar-refractivity contribution is -0.142. The molecule has 7 heteroatoms. The summed E-state index contributed by atoms with van der Waals surface area (Å²) in [7, 11) is 1.30. The molecule has 1 N–H and O–H groups in total. The van der Waals surface area contributed by atoms with Crippen molar-refractivity contribution in [3.8, 4) is 5.75 Å². The average molecular weight is 407 g/mol. The second kappa shape index (κ2) is 7.48. The predicted molar refractivity (Wildman–Crippen MR) is 86.5 cm³/mol. The number of hydrogen-bond acceptors (Lipinski definition) is 5. The molecule has 0 spiro atoms. The van der Waals surface area contributed by atoms with Crippen molar-refractivity contribution in [2.24, 2.45) is 0 Å². The van der Waals surface area contributed by atoms with Gasteiger partial charge in [-0.05, 0) is 61.6 Å². The van der Waals surface area contributed by atoms with Crippen molar-refractivity contribution in [3.63, 3.8) is 0 Å². The third kappa shape index (κ3) is 6.65. The van der Waals surface area contributed by atoms with Crippen LogP contribution in [0.15, 0.2) is 18.2 Å². The molecule has 0 aromatic heterocycles. The molecule has 1 amide bonds. The molecule has 0 unspecified atom stereocenters. The van der Waals surface area contributed by atoms with Crippen LogP contribution in [-0.4, -0.2) is 31.4 Å². The van der Waals surface area contributed by atoms with E-state index < -0.39 is 17.7 Å². The fourth-order valence-electron chi connectivity index (χ4n) is 1.31. The minimum atomic E-state index is -0.555. The van der Waals surface area contributed by atoms with Gasteiger partial charge in [0.2, 0.25) is 0 Å². The fraction of sp³-hybridized carbons (Fsp3) is 0.429. The molecule has 0 radical (unpaired) electrons.